The Morgan fingerprint density at radius 1 is 0.775 bits per heavy atom. The van der Waals surface area contributed by atoms with Crippen molar-refractivity contribution >= 4 is 18.0 Å². The molecule has 0 saturated heterocycles. The molecule has 0 saturated carbocycles. The number of carbonyl (C=O) groups is 3. The third-order valence-electron chi connectivity index (χ3n) is 7.08. The predicted octanol–water partition coefficient (Wildman–Crippen LogP) is 5.49. The maximum atomic E-state index is 13.4. The molecule has 1 aliphatic carbocycles. The zero-order chi connectivity index (χ0) is 27.9. The third kappa shape index (κ3) is 6.04. The zero-order valence-corrected chi connectivity index (χ0v) is 22.0. The van der Waals surface area contributed by atoms with Gasteiger partial charge in [-0.05, 0) is 45.9 Å². The first kappa shape index (κ1) is 26.7. The molecule has 0 spiro atoms. The highest BCUT2D eigenvalue weighted by atomic mass is 16.5. The fourth-order valence-corrected chi connectivity index (χ4v) is 5.23. The van der Waals surface area contributed by atoms with Crippen LogP contribution in [0.4, 0.5) is 4.79 Å². The molecule has 0 atom stereocenters. The molecule has 0 aromatic heterocycles. The van der Waals surface area contributed by atoms with Gasteiger partial charge in [-0.2, -0.15) is 0 Å². The Hall–Kier alpha value is -4.91. The lowest BCUT2D eigenvalue weighted by Gasteiger charge is -2.22. The zero-order valence-electron chi connectivity index (χ0n) is 22.0. The van der Waals surface area contributed by atoms with Gasteiger partial charge in [-0.1, -0.05) is 97.1 Å². The van der Waals surface area contributed by atoms with Crippen LogP contribution in [0.2, 0.25) is 0 Å². The van der Waals surface area contributed by atoms with Crippen LogP contribution < -0.4 is 5.32 Å². The van der Waals surface area contributed by atoms with Crippen molar-refractivity contribution in [1.29, 1.82) is 0 Å². The molecule has 0 radical (unpaired) electrons. The number of fused-ring (bicyclic) bond motifs is 3. The number of carbonyl (C=O) groups excluding carboxylic acids is 2. The van der Waals surface area contributed by atoms with Gasteiger partial charge in [-0.25, -0.2) is 4.79 Å². The number of benzene rings is 4. The van der Waals surface area contributed by atoms with Crippen molar-refractivity contribution in [2.24, 2.45) is 0 Å². The number of carboxylic acids is 1. The Balaban J connectivity index is 1.20. The van der Waals surface area contributed by atoms with Crippen LogP contribution >= 0.6 is 0 Å². The molecule has 2 amide bonds. The Kier molecular flexibility index (Phi) is 8.21. The maximum Gasteiger partial charge on any atom is 0.407 e. The van der Waals surface area contributed by atoms with Crippen LogP contribution in [0.3, 0.4) is 0 Å². The number of nitrogens with zero attached hydrogens (tertiary/aromatic N) is 1. The summed E-state index contributed by atoms with van der Waals surface area (Å²) >= 11 is 0. The fourth-order valence-electron chi connectivity index (χ4n) is 5.23. The van der Waals surface area contributed by atoms with Crippen molar-refractivity contribution in [2.45, 2.75) is 18.9 Å². The van der Waals surface area contributed by atoms with Crippen molar-refractivity contribution in [3.05, 3.63) is 131 Å². The van der Waals surface area contributed by atoms with Gasteiger partial charge in [-0.3, -0.25) is 9.59 Å². The minimum atomic E-state index is -1.08. The van der Waals surface area contributed by atoms with Gasteiger partial charge >= 0.3 is 12.1 Å². The molecule has 0 unspecified atom stereocenters. The van der Waals surface area contributed by atoms with Crippen LogP contribution in [-0.4, -0.2) is 47.7 Å². The average molecular weight is 535 g/mol. The second-order valence-corrected chi connectivity index (χ2v) is 9.70. The minimum Gasteiger partial charge on any atom is -0.480 e. The van der Waals surface area contributed by atoms with E-state index in [2.05, 4.69) is 29.6 Å². The van der Waals surface area contributed by atoms with Gasteiger partial charge in [0.2, 0.25) is 0 Å². The molecule has 0 fully saturated rings. The summed E-state index contributed by atoms with van der Waals surface area (Å²) in [5.41, 5.74) is 6.58. The molecule has 202 valence electrons. The van der Waals surface area contributed by atoms with Gasteiger partial charge in [-0.15, -0.1) is 0 Å². The lowest BCUT2D eigenvalue weighted by atomic mass is 9.98. The number of amides is 2. The van der Waals surface area contributed by atoms with Crippen LogP contribution in [0.1, 0.15) is 38.5 Å². The smallest absolute Gasteiger partial charge is 0.407 e. The Bertz CT molecular complexity index is 1470. The summed E-state index contributed by atoms with van der Waals surface area (Å²) in [6.07, 6.45) is -0.138. The largest absolute Gasteiger partial charge is 0.480 e. The van der Waals surface area contributed by atoms with Crippen LogP contribution in [0.15, 0.2) is 103 Å². The van der Waals surface area contributed by atoms with Gasteiger partial charge in [0, 0.05) is 24.6 Å². The monoisotopic (exact) mass is 534 g/mol. The number of rotatable bonds is 10. The molecule has 4 aromatic rings. The van der Waals surface area contributed by atoms with E-state index in [1.807, 2.05) is 66.7 Å². The molecule has 40 heavy (non-hydrogen) atoms. The lowest BCUT2D eigenvalue weighted by Crippen LogP contribution is -2.36. The van der Waals surface area contributed by atoms with E-state index in [9.17, 15) is 19.5 Å². The summed E-state index contributed by atoms with van der Waals surface area (Å²) in [4.78, 5) is 38.8. The molecule has 5 rings (SSSR count). The van der Waals surface area contributed by atoms with Crippen molar-refractivity contribution in [3.63, 3.8) is 0 Å². The first-order valence-electron chi connectivity index (χ1n) is 13.2. The number of hydrogen-bond acceptors (Lipinski definition) is 4. The Morgan fingerprint density at radius 3 is 2.05 bits per heavy atom. The van der Waals surface area contributed by atoms with Gasteiger partial charge in [0.25, 0.3) is 5.91 Å². The molecule has 7 heteroatoms. The molecule has 0 heterocycles. The van der Waals surface area contributed by atoms with E-state index in [-0.39, 0.29) is 31.5 Å². The number of ether oxygens (including phenoxy) is 1. The van der Waals surface area contributed by atoms with Gasteiger partial charge in [0.1, 0.15) is 13.2 Å². The lowest BCUT2D eigenvalue weighted by molar-refractivity contribution is -0.137. The van der Waals surface area contributed by atoms with Crippen LogP contribution in [0.25, 0.3) is 11.1 Å². The highest BCUT2D eigenvalue weighted by Gasteiger charge is 2.29. The first-order valence-corrected chi connectivity index (χ1v) is 13.2. The molecular formula is C33H30N2O5. The highest BCUT2D eigenvalue weighted by molar-refractivity contribution is 5.97. The standard InChI is InChI=1S/C33H30N2O5/c36-31(37)21-35(20-23-10-2-1-3-11-23)32(38)25-13-5-4-12-24(25)18-19-34-33(39)40-22-30-28-16-8-6-14-26(28)27-15-7-9-17-29(27)30/h1-17,30H,18-22H2,(H,34,39)(H,36,37). The average Bonchev–Trinajstić information content (AvgIpc) is 3.29. The van der Waals surface area contributed by atoms with E-state index in [0.717, 1.165) is 33.4 Å². The summed E-state index contributed by atoms with van der Waals surface area (Å²) in [5, 5.41) is 12.2. The quantitative estimate of drug-likeness (QED) is 0.280. The summed E-state index contributed by atoms with van der Waals surface area (Å²) in [7, 11) is 0. The van der Waals surface area contributed by atoms with Gasteiger partial charge in [0.05, 0.1) is 0 Å². The van der Waals surface area contributed by atoms with E-state index >= 15 is 0 Å². The SMILES string of the molecule is O=C(O)CN(Cc1ccccc1)C(=O)c1ccccc1CCNC(=O)OCC1c2ccccc2-c2ccccc21. The minimum absolute atomic E-state index is 0.0265. The van der Waals surface area contributed by atoms with Crippen LogP contribution in [0.5, 0.6) is 0 Å². The van der Waals surface area contributed by atoms with Crippen molar-refractivity contribution in [2.75, 3.05) is 19.7 Å². The van der Waals surface area contributed by atoms with E-state index in [1.165, 1.54) is 4.90 Å². The highest BCUT2D eigenvalue weighted by Crippen LogP contribution is 2.44. The molecule has 2 N–H and O–H groups in total. The number of hydrogen-bond donors (Lipinski definition) is 2. The number of nitrogens with one attached hydrogen (secondary N) is 1. The third-order valence-corrected chi connectivity index (χ3v) is 7.08. The summed E-state index contributed by atoms with van der Waals surface area (Å²) < 4.78 is 5.61. The van der Waals surface area contributed by atoms with Crippen molar-refractivity contribution in [1.82, 2.24) is 10.2 Å². The second-order valence-electron chi connectivity index (χ2n) is 9.70. The number of aliphatic carboxylic acids is 1. The second kappa shape index (κ2) is 12.3. The van der Waals surface area contributed by atoms with Crippen molar-refractivity contribution < 1.29 is 24.2 Å². The van der Waals surface area contributed by atoms with Crippen LogP contribution in [0, 0.1) is 0 Å². The van der Waals surface area contributed by atoms with Crippen molar-refractivity contribution in [3.8, 4) is 11.1 Å². The summed E-state index contributed by atoms with van der Waals surface area (Å²) in [5.74, 6) is -1.48. The molecule has 4 aromatic carbocycles. The summed E-state index contributed by atoms with van der Waals surface area (Å²) in [6.45, 7) is 0.246. The Labute approximate surface area is 233 Å². The maximum absolute atomic E-state index is 13.4. The fraction of sp³-hybridized carbons (Fsp3) is 0.182. The van der Waals surface area contributed by atoms with E-state index in [1.54, 1.807) is 12.1 Å². The van der Waals surface area contributed by atoms with Gasteiger partial charge in [0.15, 0.2) is 0 Å². The molecular weight excluding hydrogens is 504 g/mol. The molecule has 0 bridgehead atoms. The molecule has 0 aliphatic heterocycles. The topological polar surface area (TPSA) is 95.9 Å². The van der Waals surface area contributed by atoms with E-state index < -0.39 is 18.6 Å². The van der Waals surface area contributed by atoms with E-state index in [0.29, 0.717) is 12.0 Å². The first-order chi connectivity index (χ1) is 19.5. The molecule has 7 nitrogen and oxygen atoms in total. The number of alkyl carbamates (subject to hydrolysis) is 1. The normalized spacial score (nSPS) is 11.8. The summed E-state index contributed by atoms with van der Waals surface area (Å²) in [6, 6.07) is 32.7. The molecule has 1 aliphatic rings. The van der Waals surface area contributed by atoms with Crippen LogP contribution in [-0.2, 0) is 22.5 Å². The Morgan fingerprint density at radius 2 is 1.38 bits per heavy atom. The van der Waals surface area contributed by atoms with Gasteiger partial charge < -0.3 is 20.1 Å². The predicted molar refractivity (Wildman–Crippen MR) is 152 cm³/mol. The van der Waals surface area contributed by atoms with E-state index in [4.69, 9.17) is 4.74 Å². The number of carboxylic acid groups (broad SMARTS) is 1.